The Kier molecular flexibility index (Phi) is 4.60. The van der Waals surface area contributed by atoms with E-state index in [1.165, 1.54) is 0 Å². The minimum Gasteiger partial charge on any atom is -0.481 e. The van der Waals surface area contributed by atoms with E-state index in [1.54, 1.807) is 0 Å². The van der Waals surface area contributed by atoms with Crippen LogP contribution in [0.3, 0.4) is 0 Å². The van der Waals surface area contributed by atoms with Crippen molar-refractivity contribution in [3.63, 3.8) is 0 Å². The standard InChI is InChI=1S/C26H21NO3/c1-2-23(29-20-13-11-17-7-3-4-8-18(17)15-20)26(28)27-19-12-14-22-21-9-5-6-10-24(21)30-25(22)16-19/h3-16,23H,2H2,1H3,(H,27,28). The molecule has 148 valence electrons. The zero-order valence-corrected chi connectivity index (χ0v) is 16.6. The predicted octanol–water partition coefficient (Wildman–Crippen LogP) is 6.54. The number of fused-ring (bicyclic) bond motifs is 4. The third kappa shape index (κ3) is 3.37. The van der Waals surface area contributed by atoms with E-state index < -0.39 is 6.10 Å². The lowest BCUT2D eigenvalue weighted by molar-refractivity contribution is -0.122. The first-order valence-corrected chi connectivity index (χ1v) is 10.1. The molecule has 30 heavy (non-hydrogen) atoms. The highest BCUT2D eigenvalue weighted by atomic mass is 16.5. The fourth-order valence-electron chi connectivity index (χ4n) is 3.75. The Morgan fingerprint density at radius 1 is 0.867 bits per heavy atom. The van der Waals surface area contributed by atoms with Crippen molar-refractivity contribution >= 4 is 44.3 Å². The van der Waals surface area contributed by atoms with Gasteiger partial charge in [0.15, 0.2) is 6.10 Å². The SMILES string of the molecule is CCC(Oc1ccc2ccccc2c1)C(=O)Nc1ccc2c(c1)oc1ccccc12. The van der Waals surface area contributed by atoms with Crippen molar-refractivity contribution in [2.75, 3.05) is 5.32 Å². The van der Waals surface area contributed by atoms with Crippen LogP contribution in [0.2, 0.25) is 0 Å². The number of anilines is 1. The van der Waals surface area contributed by atoms with Crippen molar-refractivity contribution in [3.05, 3.63) is 84.9 Å². The first kappa shape index (κ1) is 18.3. The second kappa shape index (κ2) is 7.56. The number of rotatable bonds is 5. The Morgan fingerprint density at radius 2 is 1.63 bits per heavy atom. The lowest BCUT2D eigenvalue weighted by Gasteiger charge is -2.17. The van der Waals surface area contributed by atoms with Gasteiger partial charge in [-0.3, -0.25) is 4.79 Å². The molecule has 0 fully saturated rings. The predicted molar refractivity (Wildman–Crippen MR) is 121 cm³/mol. The number of carbonyl (C=O) groups excluding carboxylic acids is 1. The maximum absolute atomic E-state index is 12.9. The molecule has 0 aliphatic carbocycles. The molecule has 1 unspecified atom stereocenters. The fraction of sp³-hybridized carbons (Fsp3) is 0.115. The highest BCUT2D eigenvalue weighted by Crippen LogP contribution is 2.30. The molecule has 5 aromatic rings. The number of carbonyl (C=O) groups is 1. The van der Waals surface area contributed by atoms with Gasteiger partial charge in [0.1, 0.15) is 16.9 Å². The van der Waals surface area contributed by atoms with E-state index in [0.717, 1.165) is 32.7 Å². The van der Waals surface area contributed by atoms with Gasteiger partial charge in [-0.15, -0.1) is 0 Å². The maximum atomic E-state index is 12.9. The Labute approximate surface area is 174 Å². The Balaban J connectivity index is 1.36. The van der Waals surface area contributed by atoms with Crippen LogP contribution in [0.15, 0.2) is 89.3 Å². The van der Waals surface area contributed by atoms with Gasteiger partial charge < -0.3 is 14.5 Å². The van der Waals surface area contributed by atoms with Crippen LogP contribution >= 0.6 is 0 Å². The van der Waals surface area contributed by atoms with E-state index in [1.807, 2.05) is 85.8 Å². The largest absolute Gasteiger partial charge is 0.481 e. The van der Waals surface area contributed by atoms with Gasteiger partial charge in [0.05, 0.1) is 0 Å². The van der Waals surface area contributed by atoms with Gasteiger partial charge in [-0.1, -0.05) is 55.5 Å². The quantitative estimate of drug-likeness (QED) is 0.368. The third-order valence-electron chi connectivity index (χ3n) is 5.31. The molecule has 4 aromatic carbocycles. The fourth-order valence-corrected chi connectivity index (χ4v) is 3.75. The van der Waals surface area contributed by atoms with Crippen LogP contribution in [0.25, 0.3) is 32.7 Å². The topological polar surface area (TPSA) is 51.5 Å². The highest BCUT2D eigenvalue weighted by molar-refractivity contribution is 6.06. The summed E-state index contributed by atoms with van der Waals surface area (Å²) in [7, 11) is 0. The summed E-state index contributed by atoms with van der Waals surface area (Å²) in [5.41, 5.74) is 2.27. The van der Waals surface area contributed by atoms with Gasteiger partial charge in [0, 0.05) is 22.5 Å². The molecule has 1 heterocycles. The van der Waals surface area contributed by atoms with Gasteiger partial charge in [-0.25, -0.2) is 0 Å². The first-order valence-electron chi connectivity index (χ1n) is 10.1. The van der Waals surface area contributed by atoms with Crippen LogP contribution in [0.4, 0.5) is 5.69 Å². The zero-order chi connectivity index (χ0) is 20.5. The van der Waals surface area contributed by atoms with Crippen LogP contribution < -0.4 is 10.1 Å². The summed E-state index contributed by atoms with van der Waals surface area (Å²) in [6, 6.07) is 27.6. The van der Waals surface area contributed by atoms with E-state index >= 15 is 0 Å². The first-order chi connectivity index (χ1) is 14.7. The van der Waals surface area contributed by atoms with Crippen molar-refractivity contribution in [1.29, 1.82) is 0 Å². The summed E-state index contributed by atoms with van der Waals surface area (Å²) in [6.07, 6.45) is -0.0246. The minimum absolute atomic E-state index is 0.180. The number of ether oxygens (including phenoxy) is 1. The molecule has 1 N–H and O–H groups in total. The van der Waals surface area contributed by atoms with Crippen LogP contribution in [0, 0.1) is 0 Å². The molecular formula is C26H21NO3. The lowest BCUT2D eigenvalue weighted by atomic mass is 10.1. The molecule has 4 nitrogen and oxygen atoms in total. The van der Waals surface area contributed by atoms with Crippen LogP contribution in [0.5, 0.6) is 5.75 Å². The summed E-state index contributed by atoms with van der Waals surface area (Å²) in [5, 5.41) is 7.28. The number of amides is 1. The molecule has 0 aliphatic heterocycles. The number of hydrogen-bond donors (Lipinski definition) is 1. The molecule has 0 saturated heterocycles. The molecule has 1 atom stereocenters. The summed E-state index contributed by atoms with van der Waals surface area (Å²) in [4.78, 5) is 12.9. The lowest BCUT2D eigenvalue weighted by Crippen LogP contribution is -2.32. The number of para-hydroxylation sites is 1. The zero-order valence-electron chi connectivity index (χ0n) is 16.6. The third-order valence-corrected chi connectivity index (χ3v) is 5.31. The number of benzene rings is 4. The average Bonchev–Trinajstić information content (AvgIpc) is 3.15. The molecular weight excluding hydrogens is 374 g/mol. The molecule has 4 heteroatoms. The van der Waals surface area contributed by atoms with E-state index in [-0.39, 0.29) is 5.91 Å². The highest BCUT2D eigenvalue weighted by Gasteiger charge is 2.19. The molecule has 0 radical (unpaired) electrons. The summed E-state index contributed by atoms with van der Waals surface area (Å²) >= 11 is 0. The number of nitrogens with one attached hydrogen (secondary N) is 1. The van der Waals surface area contributed by atoms with Crippen molar-refractivity contribution in [2.45, 2.75) is 19.4 Å². The average molecular weight is 395 g/mol. The molecule has 1 aromatic heterocycles. The normalized spacial score (nSPS) is 12.3. The van der Waals surface area contributed by atoms with Gasteiger partial charge in [-0.05, 0) is 47.5 Å². The summed E-state index contributed by atoms with van der Waals surface area (Å²) < 4.78 is 11.9. The van der Waals surface area contributed by atoms with Crippen molar-refractivity contribution in [3.8, 4) is 5.75 Å². The Bertz CT molecular complexity index is 1370. The molecule has 0 spiro atoms. The minimum atomic E-state index is -0.586. The van der Waals surface area contributed by atoms with Gasteiger partial charge in [-0.2, -0.15) is 0 Å². The molecule has 0 saturated carbocycles. The summed E-state index contributed by atoms with van der Waals surface area (Å²) in [6.45, 7) is 1.94. The monoisotopic (exact) mass is 395 g/mol. The second-order valence-electron chi connectivity index (χ2n) is 7.32. The molecule has 0 bridgehead atoms. The second-order valence-corrected chi connectivity index (χ2v) is 7.32. The number of furan rings is 1. The Hall–Kier alpha value is -3.79. The van der Waals surface area contributed by atoms with Crippen LogP contribution in [-0.2, 0) is 4.79 Å². The Morgan fingerprint density at radius 3 is 2.50 bits per heavy atom. The smallest absolute Gasteiger partial charge is 0.265 e. The van der Waals surface area contributed by atoms with Crippen molar-refractivity contribution in [1.82, 2.24) is 0 Å². The molecule has 0 aliphatic rings. The van der Waals surface area contributed by atoms with E-state index in [4.69, 9.17) is 9.15 Å². The van der Waals surface area contributed by atoms with Crippen LogP contribution in [-0.4, -0.2) is 12.0 Å². The maximum Gasteiger partial charge on any atom is 0.265 e. The van der Waals surface area contributed by atoms with Crippen molar-refractivity contribution in [2.24, 2.45) is 0 Å². The summed E-state index contributed by atoms with van der Waals surface area (Å²) in [5.74, 6) is 0.504. The van der Waals surface area contributed by atoms with E-state index in [0.29, 0.717) is 17.9 Å². The number of hydrogen-bond acceptors (Lipinski definition) is 3. The van der Waals surface area contributed by atoms with Crippen molar-refractivity contribution < 1.29 is 13.9 Å². The molecule has 5 rings (SSSR count). The van der Waals surface area contributed by atoms with E-state index in [9.17, 15) is 4.79 Å². The van der Waals surface area contributed by atoms with Crippen LogP contribution in [0.1, 0.15) is 13.3 Å². The molecule has 1 amide bonds. The van der Waals surface area contributed by atoms with E-state index in [2.05, 4.69) is 11.4 Å². The van der Waals surface area contributed by atoms with Gasteiger partial charge in [0.25, 0.3) is 5.91 Å². The van der Waals surface area contributed by atoms with Gasteiger partial charge >= 0.3 is 0 Å². The van der Waals surface area contributed by atoms with Gasteiger partial charge in [0.2, 0.25) is 0 Å².